The number of hydrogen-bond acceptors (Lipinski definition) is 3. The van der Waals surface area contributed by atoms with Crippen molar-refractivity contribution in [2.75, 3.05) is 6.61 Å². The summed E-state index contributed by atoms with van der Waals surface area (Å²) >= 11 is 0. The molecule has 4 nitrogen and oxygen atoms in total. The van der Waals surface area contributed by atoms with Crippen LogP contribution in [0.1, 0.15) is 40.2 Å². The summed E-state index contributed by atoms with van der Waals surface area (Å²) in [6.45, 7) is 10.6. The summed E-state index contributed by atoms with van der Waals surface area (Å²) in [5.74, 6) is 0.361. The number of amides is 1. The monoisotopic (exact) mass is 278 g/mol. The van der Waals surface area contributed by atoms with Crippen LogP contribution in [-0.2, 0) is 10.2 Å². The van der Waals surface area contributed by atoms with Crippen LogP contribution in [0.5, 0.6) is 5.75 Å². The lowest BCUT2D eigenvalue weighted by molar-refractivity contribution is -0.120. The summed E-state index contributed by atoms with van der Waals surface area (Å²) in [4.78, 5) is 11.4. The molecular weight excluding hydrogens is 252 g/mol. The molecular formula is C16H26N2O2. The quantitative estimate of drug-likeness (QED) is 0.838. The molecule has 112 valence electrons. The SMILES string of the molecule is CC(C)NC(COc1cccc(C(C)(C)C)c1)C(N)=O. The van der Waals surface area contributed by atoms with Crippen LogP contribution < -0.4 is 15.8 Å². The number of benzene rings is 1. The number of primary amides is 1. The van der Waals surface area contributed by atoms with E-state index in [0.717, 1.165) is 5.75 Å². The molecule has 0 aliphatic heterocycles. The fourth-order valence-corrected chi connectivity index (χ4v) is 1.85. The molecule has 1 rings (SSSR count). The van der Waals surface area contributed by atoms with Crippen LogP contribution >= 0.6 is 0 Å². The van der Waals surface area contributed by atoms with Crippen LogP contribution in [-0.4, -0.2) is 24.6 Å². The van der Waals surface area contributed by atoms with Gasteiger partial charge in [0.2, 0.25) is 5.91 Å². The first-order valence-electron chi connectivity index (χ1n) is 6.99. The maximum absolute atomic E-state index is 11.4. The Kier molecular flexibility index (Phi) is 5.57. The Balaban J connectivity index is 2.71. The van der Waals surface area contributed by atoms with Crippen LogP contribution in [0.25, 0.3) is 0 Å². The van der Waals surface area contributed by atoms with Gasteiger partial charge in [-0.2, -0.15) is 0 Å². The minimum Gasteiger partial charge on any atom is -0.491 e. The second kappa shape index (κ2) is 6.75. The highest BCUT2D eigenvalue weighted by Gasteiger charge is 2.18. The molecule has 1 amide bonds. The second-order valence-corrected chi connectivity index (χ2v) is 6.37. The largest absolute Gasteiger partial charge is 0.491 e. The zero-order valence-corrected chi connectivity index (χ0v) is 13.1. The third-order valence-electron chi connectivity index (χ3n) is 2.99. The van der Waals surface area contributed by atoms with Crippen LogP contribution in [0.4, 0.5) is 0 Å². The third-order valence-corrected chi connectivity index (χ3v) is 2.99. The summed E-state index contributed by atoms with van der Waals surface area (Å²) in [5.41, 5.74) is 6.63. The van der Waals surface area contributed by atoms with Gasteiger partial charge < -0.3 is 15.8 Å². The van der Waals surface area contributed by atoms with Crippen LogP contribution in [0, 0.1) is 0 Å². The van der Waals surface area contributed by atoms with Crippen molar-refractivity contribution in [1.82, 2.24) is 5.32 Å². The molecule has 0 bridgehead atoms. The summed E-state index contributed by atoms with van der Waals surface area (Å²) in [6.07, 6.45) is 0. The van der Waals surface area contributed by atoms with E-state index < -0.39 is 11.9 Å². The van der Waals surface area contributed by atoms with E-state index >= 15 is 0 Å². The lowest BCUT2D eigenvalue weighted by atomic mass is 9.87. The van der Waals surface area contributed by atoms with Gasteiger partial charge in [-0.15, -0.1) is 0 Å². The highest BCUT2D eigenvalue weighted by atomic mass is 16.5. The molecule has 0 aliphatic carbocycles. The molecule has 20 heavy (non-hydrogen) atoms. The van der Waals surface area contributed by atoms with Crippen LogP contribution in [0.15, 0.2) is 24.3 Å². The van der Waals surface area contributed by atoms with Gasteiger partial charge in [0.15, 0.2) is 0 Å². The van der Waals surface area contributed by atoms with Gasteiger partial charge in [0.25, 0.3) is 0 Å². The van der Waals surface area contributed by atoms with Gasteiger partial charge in [-0.25, -0.2) is 0 Å². The topological polar surface area (TPSA) is 64.3 Å². The van der Waals surface area contributed by atoms with Crippen molar-refractivity contribution >= 4 is 5.91 Å². The number of nitrogens with two attached hydrogens (primary N) is 1. The highest BCUT2D eigenvalue weighted by molar-refractivity contribution is 5.80. The summed E-state index contributed by atoms with van der Waals surface area (Å²) in [6, 6.07) is 7.64. The summed E-state index contributed by atoms with van der Waals surface area (Å²) < 4.78 is 5.70. The normalized spacial score (nSPS) is 13.3. The highest BCUT2D eigenvalue weighted by Crippen LogP contribution is 2.25. The van der Waals surface area contributed by atoms with Crippen LogP contribution in [0.3, 0.4) is 0 Å². The second-order valence-electron chi connectivity index (χ2n) is 6.37. The molecule has 4 heteroatoms. The maximum Gasteiger partial charge on any atom is 0.238 e. The van der Waals surface area contributed by atoms with Gasteiger partial charge in [0.1, 0.15) is 18.4 Å². The number of nitrogens with one attached hydrogen (secondary N) is 1. The molecule has 1 atom stereocenters. The van der Waals surface area contributed by atoms with Gasteiger partial charge in [-0.3, -0.25) is 4.79 Å². The first-order chi connectivity index (χ1) is 9.20. The molecule has 0 spiro atoms. The zero-order valence-electron chi connectivity index (χ0n) is 13.1. The van der Waals surface area contributed by atoms with Crippen molar-refractivity contribution in [3.05, 3.63) is 29.8 Å². The Labute approximate surface area is 121 Å². The average Bonchev–Trinajstić information content (AvgIpc) is 2.33. The van der Waals surface area contributed by atoms with Crippen molar-refractivity contribution in [2.24, 2.45) is 5.73 Å². The van der Waals surface area contributed by atoms with Crippen molar-refractivity contribution in [3.8, 4) is 5.75 Å². The minimum absolute atomic E-state index is 0.0681. The molecule has 0 saturated carbocycles. The van der Waals surface area contributed by atoms with E-state index in [0.29, 0.717) is 0 Å². The third kappa shape index (κ3) is 5.21. The van der Waals surface area contributed by atoms with Crippen molar-refractivity contribution in [2.45, 2.75) is 52.1 Å². The first kappa shape index (κ1) is 16.5. The molecule has 0 heterocycles. The van der Waals surface area contributed by atoms with E-state index in [2.05, 4.69) is 32.2 Å². The van der Waals surface area contributed by atoms with E-state index in [9.17, 15) is 4.79 Å². The van der Waals surface area contributed by atoms with E-state index in [-0.39, 0.29) is 18.1 Å². The van der Waals surface area contributed by atoms with E-state index in [1.54, 1.807) is 0 Å². The molecule has 0 aliphatic rings. The molecule has 1 aromatic rings. The lowest BCUT2D eigenvalue weighted by Gasteiger charge is -2.21. The Hall–Kier alpha value is -1.55. The Bertz CT molecular complexity index is 450. The Morgan fingerprint density at radius 3 is 2.50 bits per heavy atom. The van der Waals surface area contributed by atoms with Gasteiger partial charge >= 0.3 is 0 Å². The average molecular weight is 278 g/mol. The van der Waals surface area contributed by atoms with Crippen molar-refractivity contribution in [3.63, 3.8) is 0 Å². The molecule has 1 aromatic carbocycles. The standard InChI is InChI=1S/C16H26N2O2/c1-11(2)18-14(15(17)19)10-20-13-8-6-7-12(9-13)16(3,4)5/h6-9,11,14,18H,10H2,1-5H3,(H2,17,19). The lowest BCUT2D eigenvalue weighted by Crippen LogP contribution is -2.48. The van der Waals surface area contributed by atoms with Gasteiger partial charge in [0.05, 0.1) is 0 Å². The fourth-order valence-electron chi connectivity index (χ4n) is 1.85. The van der Waals surface area contributed by atoms with E-state index in [1.807, 2.05) is 32.0 Å². The predicted molar refractivity (Wildman–Crippen MR) is 81.9 cm³/mol. The number of carbonyl (C=O) groups excluding carboxylic acids is 1. The van der Waals surface area contributed by atoms with Crippen LogP contribution in [0.2, 0.25) is 0 Å². The molecule has 0 radical (unpaired) electrons. The van der Waals surface area contributed by atoms with E-state index in [4.69, 9.17) is 10.5 Å². The van der Waals surface area contributed by atoms with E-state index in [1.165, 1.54) is 5.56 Å². The Morgan fingerprint density at radius 2 is 2.00 bits per heavy atom. The number of hydrogen-bond donors (Lipinski definition) is 2. The fraction of sp³-hybridized carbons (Fsp3) is 0.562. The molecule has 0 saturated heterocycles. The zero-order chi connectivity index (χ0) is 15.3. The maximum atomic E-state index is 11.4. The van der Waals surface area contributed by atoms with Gasteiger partial charge in [-0.1, -0.05) is 46.8 Å². The predicted octanol–water partition coefficient (Wildman–Crippen LogP) is 2.21. The number of ether oxygens (including phenoxy) is 1. The molecule has 1 unspecified atom stereocenters. The molecule has 0 aromatic heterocycles. The van der Waals surface area contributed by atoms with Crippen molar-refractivity contribution in [1.29, 1.82) is 0 Å². The number of carbonyl (C=O) groups is 1. The van der Waals surface area contributed by atoms with Gasteiger partial charge in [0, 0.05) is 6.04 Å². The van der Waals surface area contributed by atoms with Crippen molar-refractivity contribution < 1.29 is 9.53 Å². The van der Waals surface area contributed by atoms with Gasteiger partial charge in [-0.05, 0) is 23.1 Å². The molecule has 0 fully saturated rings. The minimum atomic E-state index is -0.478. The Morgan fingerprint density at radius 1 is 1.35 bits per heavy atom. The first-order valence-corrected chi connectivity index (χ1v) is 6.99. The molecule has 3 N–H and O–H groups in total. The number of rotatable bonds is 6. The smallest absolute Gasteiger partial charge is 0.238 e. The summed E-state index contributed by atoms with van der Waals surface area (Å²) in [7, 11) is 0. The summed E-state index contributed by atoms with van der Waals surface area (Å²) in [5, 5.41) is 3.09.